The highest BCUT2D eigenvalue weighted by molar-refractivity contribution is 7.93. The first-order valence-electron chi connectivity index (χ1n) is 16.8. The van der Waals surface area contributed by atoms with Gasteiger partial charge in [0.1, 0.15) is 17.2 Å². The molecule has 2 aliphatic rings. The maximum absolute atomic E-state index is 15.3. The van der Waals surface area contributed by atoms with Crippen molar-refractivity contribution in [3.05, 3.63) is 66.2 Å². The Morgan fingerprint density at radius 1 is 0.959 bits per heavy atom. The number of fused-ring (bicyclic) bond motifs is 1. The lowest BCUT2D eigenvalue weighted by Gasteiger charge is -2.34. The van der Waals surface area contributed by atoms with Crippen molar-refractivity contribution < 1.29 is 27.1 Å². The molecule has 1 unspecified atom stereocenters. The number of pyridine rings is 1. The number of aryl methyl sites for hydroxylation is 1. The normalized spacial score (nSPS) is 17.5. The maximum atomic E-state index is 15.3. The molecular weight excluding hydrogens is 647 g/mol. The predicted octanol–water partition coefficient (Wildman–Crippen LogP) is 7.82. The van der Waals surface area contributed by atoms with Gasteiger partial charge in [-0.1, -0.05) is 31.4 Å². The summed E-state index contributed by atoms with van der Waals surface area (Å²) < 4.78 is 56.5. The lowest BCUT2D eigenvalue weighted by molar-refractivity contribution is 0.0206. The Labute approximate surface area is 286 Å². The Morgan fingerprint density at radius 2 is 1.73 bits per heavy atom. The van der Waals surface area contributed by atoms with E-state index in [0.717, 1.165) is 37.7 Å². The second kappa shape index (κ2) is 14.1. The van der Waals surface area contributed by atoms with E-state index in [-0.39, 0.29) is 23.7 Å². The number of nitrogens with zero attached hydrogens (tertiary/aromatic N) is 4. The van der Waals surface area contributed by atoms with E-state index < -0.39 is 26.7 Å². The molecule has 6 rings (SSSR count). The predicted molar refractivity (Wildman–Crippen MR) is 188 cm³/mol. The van der Waals surface area contributed by atoms with Gasteiger partial charge in [-0.25, -0.2) is 32.6 Å². The number of piperidine rings is 1. The van der Waals surface area contributed by atoms with Gasteiger partial charge in [0, 0.05) is 42.3 Å². The van der Waals surface area contributed by atoms with Crippen LogP contribution in [0.4, 0.5) is 20.8 Å². The van der Waals surface area contributed by atoms with Gasteiger partial charge in [-0.15, -0.1) is 0 Å². The number of likely N-dealkylation sites (tertiary alicyclic amines) is 1. The van der Waals surface area contributed by atoms with Crippen molar-refractivity contribution in [2.24, 2.45) is 0 Å². The van der Waals surface area contributed by atoms with E-state index in [0.29, 0.717) is 59.7 Å². The minimum Gasteiger partial charge on any atom is -0.444 e. The molecule has 49 heavy (non-hydrogen) atoms. The van der Waals surface area contributed by atoms with Gasteiger partial charge in [0.15, 0.2) is 0 Å². The van der Waals surface area contributed by atoms with Crippen molar-refractivity contribution in [1.29, 1.82) is 0 Å². The van der Waals surface area contributed by atoms with Gasteiger partial charge in [-0.2, -0.15) is 0 Å². The zero-order chi connectivity index (χ0) is 34.8. The van der Waals surface area contributed by atoms with Crippen LogP contribution in [0.15, 0.2) is 54.9 Å². The number of carbonyl (C=O) groups is 1. The van der Waals surface area contributed by atoms with Crippen LogP contribution < -0.4 is 14.8 Å². The number of halogens is 1. The third-order valence-corrected chi connectivity index (χ3v) is 10.7. The third kappa shape index (κ3) is 8.04. The van der Waals surface area contributed by atoms with Gasteiger partial charge in [-0.3, -0.25) is 4.72 Å². The van der Waals surface area contributed by atoms with E-state index in [4.69, 9.17) is 14.5 Å². The van der Waals surface area contributed by atoms with Crippen LogP contribution in [-0.2, 0) is 14.8 Å². The van der Waals surface area contributed by atoms with Crippen LogP contribution in [0.3, 0.4) is 0 Å². The van der Waals surface area contributed by atoms with Gasteiger partial charge in [-0.05, 0) is 89.3 Å². The summed E-state index contributed by atoms with van der Waals surface area (Å²) in [7, 11) is -3.79. The Kier molecular flexibility index (Phi) is 9.91. The molecule has 2 aromatic heterocycles. The molecule has 2 fully saturated rings. The van der Waals surface area contributed by atoms with Gasteiger partial charge in [0.25, 0.3) is 0 Å². The number of sulfonamides is 1. The fraction of sp³-hybridized carbons (Fsp3) is 0.444. The van der Waals surface area contributed by atoms with Crippen LogP contribution >= 0.6 is 0 Å². The number of benzene rings is 2. The van der Waals surface area contributed by atoms with Crippen molar-refractivity contribution >= 4 is 38.5 Å². The van der Waals surface area contributed by atoms with Crippen LogP contribution in [0.25, 0.3) is 22.0 Å². The molecule has 2 N–H and O–H groups in total. The van der Waals surface area contributed by atoms with Gasteiger partial charge < -0.3 is 19.7 Å². The van der Waals surface area contributed by atoms with Gasteiger partial charge in [0.05, 0.1) is 22.2 Å². The summed E-state index contributed by atoms with van der Waals surface area (Å²) in [5.41, 5.74) is 1.25. The number of amides is 1. The Morgan fingerprint density at radius 3 is 2.51 bits per heavy atom. The molecule has 13 heteroatoms. The smallest absolute Gasteiger partial charge is 0.410 e. The molecule has 0 radical (unpaired) electrons. The van der Waals surface area contributed by atoms with Crippen LogP contribution in [0.2, 0.25) is 0 Å². The first kappa shape index (κ1) is 34.3. The first-order chi connectivity index (χ1) is 23.4. The Bertz CT molecular complexity index is 1940. The fourth-order valence-electron chi connectivity index (χ4n) is 6.41. The van der Waals surface area contributed by atoms with E-state index in [1.165, 1.54) is 6.07 Å². The molecule has 1 atom stereocenters. The number of carbonyl (C=O) groups excluding carboxylic acids is 1. The molecule has 3 heterocycles. The minimum absolute atomic E-state index is 0.0652. The average molecular weight is 691 g/mol. The van der Waals surface area contributed by atoms with Gasteiger partial charge >= 0.3 is 6.09 Å². The number of rotatable bonds is 8. The molecule has 1 amide bonds. The molecule has 11 nitrogen and oxygen atoms in total. The molecular formula is C36H43FN6O5S. The lowest BCUT2D eigenvalue weighted by atomic mass is 10.0. The number of ether oxygens (including phenoxy) is 2. The fourth-order valence-corrected chi connectivity index (χ4v) is 8.03. The average Bonchev–Trinajstić information content (AvgIpc) is 3.07. The second-order valence-corrected chi connectivity index (χ2v) is 15.7. The summed E-state index contributed by atoms with van der Waals surface area (Å²) in [6.07, 6.45) is 8.37. The minimum atomic E-state index is -3.79. The van der Waals surface area contributed by atoms with E-state index in [1.807, 2.05) is 33.8 Å². The molecule has 4 aromatic rings. The number of aromatic nitrogens is 3. The van der Waals surface area contributed by atoms with E-state index >= 15 is 4.39 Å². The molecule has 0 spiro atoms. The number of anilines is 2. The van der Waals surface area contributed by atoms with Crippen molar-refractivity contribution in [2.75, 3.05) is 23.1 Å². The highest BCUT2D eigenvalue weighted by Gasteiger charge is 2.30. The van der Waals surface area contributed by atoms with Crippen LogP contribution in [0, 0.1) is 12.7 Å². The lowest BCUT2D eigenvalue weighted by Crippen LogP contribution is -2.47. The van der Waals surface area contributed by atoms with E-state index in [2.05, 4.69) is 20.0 Å². The molecule has 1 saturated heterocycles. The second-order valence-electron chi connectivity index (χ2n) is 13.8. The molecule has 1 aliphatic carbocycles. The van der Waals surface area contributed by atoms with Crippen molar-refractivity contribution in [1.82, 2.24) is 19.9 Å². The largest absolute Gasteiger partial charge is 0.444 e. The number of hydrogen-bond donors (Lipinski definition) is 2. The summed E-state index contributed by atoms with van der Waals surface area (Å²) >= 11 is 0. The maximum Gasteiger partial charge on any atom is 0.410 e. The zero-order valence-electron chi connectivity index (χ0n) is 28.3. The van der Waals surface area contributed by atoms with Crippen LogP contribution in [0.1, 0.15) is 71.3 Å². The van der Waals surface area contributed by atoms with Crippen molar-refractivity contribution in [2.45, 2.75) is 89.5 Å². The molecule has 0 bridgehead atoms. The molecule has 260 valence electrons. The topological polar surface area (TPSA) is 136 Å². The summed E-state index contributed by atoms with van der Waals surface area (Å²) in [5.74, 6) is 0.432. The van der Waals surface area contributed by atoms with Crippen molar-refractivity contribution in [3.8, 4) is 22.9 Å². The summed E-state index contributed by atoms with van der Waals surface area (Å²) in [6.45, 7) is 8.50. The Balaban J connectivity index is 1.26. The third-order valence-electron chi connectivity index (χ3n) is 8.84. The van der Waals surface area contributed by atoms with Crippen LogP contribution in [-0.4, -0.2) is 64.3 Å². The quantitative estimate of drug-likeness (QED) is 0.190. The summed E-state index contributed by atoms with van der Waals surface area (Å²) in [5, 5.41) is 3.74. The number of hydrogen-bond acceptors (Lipinski definition) is 9. The van der Waals surface area contributed by atoms with E-state index in [9.17, 15) is 13.2 Å². The summed E-state index contributed by atoms with van der Waals surface area (Å²) in [4.78, 5) is 28.1. The monoisotopic (exact) mass is 690 g/mol. The standard InChI is InChI=1S/C36H43FN6O5S/c1-23-14-15-26-27(16-17-29(37)31(26)42-49(45,46)25-11-6-5-7-12-25)32(23)47-33-28(13-8-19-38-33)30-18-20-39-34(41-30)40-24-10-9-21-43(22-24)35(44)48-36(2,3)4/h8,13-20,24-25,42H,5-7,9-12,21-22H2,1-4H3,(H,39,40,41). The highest BCUT2D eigenvalue weighted by atomic mass is 32.2. The molecule has 1 saturated carbocycles. The highest BCUT2D eigenvalue weighted by Crippen LogP contribution is 2.40. The summed E-state index contributed by atoms with van der Waals surface area (Å²) in [6, 6.07) is 11.6. The number of nitrogens with one attached hydrogen (secondary N) is 2. The van der Waals surface area contributed by atoms with E-state index in [1.54, 1.807) is 47.6 Å². The first-order valence-corrected chi connectivity index (χ1v) is 18.4. The van der Waals surface area contributed by atoms with Gasteiger partial charge in [0.2, 0.25) is 21.9 Å². The zero-order valence-corrected chi connectivity index (χ0v) is 29.1. The molecule has 2 aromatic carbocycles. The van der Waals surface area contributed by atoms with Crippen molar-refractivity contribution in [3.63, 3.8) is 0 Å². The molecule has 1 aliphatic heterocycles. The SMILES string of the molecule is Cc1ccc2c(NS(=O)(=O)C3CCCCC3)c(F)ccc2c1Oc1ncccc1-c1ccnc(NC2CCCN(C(=O)OC(C)(C)C)C2)n1. The Hall–Kier alpha value is -4.52. The van der Waals surface area contributed by atoms with Crippen LogP contribution in [0.5, 0.6) is 11.6 Å².